The second-order valence-electron chi connectivity index (χ2n) is 6.02. The molecule has 0 bridgehead atoms. The lowest BCUT2D eigenvalue weighted by molar-refractivity contribution is 0.738. The monoisotopic (exact) mass is 316 g/mol. The van der Waals surface area contributed by atoms with Gasteiger partial charge in [-0.15, -0.1) is 0 Å². The summed E-state index contributed by atoms with van der Waals surface area (Å²) in [6.07, 6.45) is 8.83. The Bertz CT molecular complexity index is 1040. The molecule has 4 aromatic rings. The maximum absolute atomic E-state index is 4.53. The molecule has 0 aliphatic carbocycles. The molecule has 0 radical (unpaired) electrons. The van der Waals surface area contributed by atoms with Crippen molar-refractivity contribution in [2.75, 3.05) is 13.1 Å². The predicted octanol–water partition coefficient (Wildman–Crippen LogP) is 2.88. The van der Waals surface area contributed by atoms with Crippen molar-refractivity contribution in [3.05, 3.63) is 48.4 Å². The molecule has 0 saturated heterocycles. The van der Waals surface area contributed by atoms with Crippen LogP contribution >= 0.6 is 0 Å². The SMILES string of the molecule is C1=C(c2cnc3n[nH]c(-c4cc5cnccc5[nH]4)c3c2)CCNC1. The van der Waals surface area contributed by atoms with Crippen molar-refractivity contribution >= 4 is 27.5 Å². The fourth-order valence-electron chi connectivity index (χ4n) is 3.27. The zero-order valence-electron chi connectivity index (χ0n) is 13.0. The zero-order chi connectivity index (χ0) is 15.9. The highest BCUT2D eigenvalue weighted by Crippen LogP contribution is 2.30. The third-order valence-electron chi connectivity index (χ3n) is 4.53. The fraction of sp³-hybridized carbons (Fsp3) is 0.167. The van der Waals surface area contributed by atoms with Crippen LogP contribution in [0, 0.1) is 0 Å². The third-order valence-corrected chi connectivity index (χ3v) is 4.53. The van der Waals surface area contributed by atoms with Crippen LogP contribution in [-0.2, 0) is 0 Å². The van der Waals surface area contributed by atoms with Crippen LogP contribution < -0.4 is 5.32 Å². The first-order valence-corrected chi connectivity index (χ1v) is 8.06. The Morgan fingerprint density at radius 3 is 3.00 bits per heavy atom. The Morgan fingerprint density at radius 2 is 2.12 bits per heavy atom. The topological polar surface area (TPSA) is 82.3 Å². The molecule has 0 atom stereocenters. The predicted molar refractivity (Wildman–Crippen MR) is 94.4 cm³/mol. The van der Waals surface area contributed by atoms with Gasteiger partial charge in [-0.3, -0.25) is 10.1 Å². The third kappa shape index (κ3) is 2.11. The van der Waals surface area contributed by atoms with E-state index in [1.807, 2.05) is 18.5 Å². The Balaban J connectivity index is 1.66. The second-order valence-corrected chi connectivity index (χ2v) is 6.02. The van der Waals surface area contributed by atoms with Crippen molar-refractivity contribution in [1.29, 1.82) is 0 Å². The van der Waals surface area contributed by atoms with Gasteiger partial charge >= 0.3 is 0 Å². The van der Waals surface area contributed by atoms with Gasteiger partial charge in [-0.25, -0.2) is 4.98 Å². The van der Waals surface area contributed by atoms with E-state index in [9.17, 15) is 0 Å². The lowest BCUT2D eigenvalue weighted by Gasteiger charge is -2.13. The molecule has 5 heterocycles. The van der Waals surface area contributed by atoms with E-state index in [2.05, 4.69) is 48.7 Å². The molecule has 1 aliphatic rings. The van der Waals surface area contributed by atoms with Crippen molar-refractivity contribution < 1.29 is 0 Å². The number of aromatic nitrogens is 5. The zero-order valence-corrected chi connectivity index (χ0v) is 13.0. The first-order chi connectivity index (χ1) is 11.9. The number of rotatable bonds is 2. The van der Waals surface area contributed by atoms with Gasteiger partial charge in [0.15, 0.2) is 5.65 Å². The van der Waals surface area contributed by atoms with Crippen LogP contribution in [-0.4, -0.2) is 38.2 Å². The van der Waals surface area contributed by atoms with Gasteiger partial charge in [0, 0.05) is 41.4 Å². The standard InChI is InChI=1S/C18H16N6/c1-4-19-5-2-11(1)12-7-14-17(23-24-18(14)21-10-12)16-8-13-9-20-6-3-15(13)22-16/h1,3,6-10,19,22H,2,4-5H2,(H,21,23,24). The average Bonchev–Trinajstić information content (AvgIpc) is 3.25. The molecule has 118 valence electrons. The van der Waals surface area contributed by atoms with Crippen LogP contribution in [0.15, 0.2) is 42.9 Å². The minimum Gasteiger partial charge on any atom is -0.353 e. The summed E-state index contributed by atoms with van der Waals surface area (Å²) >= 11 is 0. The van der Waals surface area contributed by atoms with Gasteiger partial charge in [0.2, 0.25) is 0 Å². The summed E-state index contributed by atoms with van der Waals surface area (Å²) in [6.45, 7) is 1.93. The number of H-pyrrole nitrogens is 2. The second kappa shape index (κ2) is 5.28. The summed E-state index contributed by atoms with van der Waals surface area (Å²) in [5.41, 5.74) is 6.28. The highest BCUT2D eigenvalue weighted by molar-refractivity contribution is 5.95. The molecule has 0 unspecified atom stereocenters. The Kier molecular flexibility index (Phi) is 2.96. The first-order valence-electron chi connectivity index (χ1n) is 8.06. The van der Waals surface area contributed by atoms with E-state index in [0.29, 0.717) is 0 Å². The van der Waals surface area contributed by atoms with Gasteiger partial charge < -0.3 is 10.3 Å². The van der Waals surface area contributed by atoms with E-state index in [-0.39, 0.29) is 0 Å². The molecule has 6 nitrogen and oxygen atoms in total. The number of aromatic amines is 2. The normalized spacial score (nSPS) is 15.1. The van der Waals surface area contributed by atoms with Crippen LogP contribution in [0.25, 0.3) is 38.9 Å². The molecule has 1 aliphatic heterocycles. The molecule has 6 heteroatoms. The van der Waals surface area contributed by atoms with Crippen molar-refractivity contribution in [2.45, 2.75) is 6.42 Å². The van der Waals surface area contributed by atoms with Crippen LogP contribution in [0.5, 0.6) is 0 Å². The molecule has 0 saturated carbocycles. The summed E-state index contributed by atoms with van der Waals surface area (Å²) in [7, 11) is 0. The van der Waals surface area contributed by atoms with Gasteiger partial charge in [-0.05, 0) is 42.3 Å². The van der Waals surface area contributed by atoms with Gasteiger partial charge in [-0.1, -0.05) is 6.08 Å². The molecule has 0 aromatic carbocycles. The van der Waals surface area contributed by atoms with Crippen LogP contribution in [0.1, 0.15) is 12.0 Å². The van der Waals surface area contributed by atoms with Gasteiger partial charge in [0.1, 0.15) is 0 Å². The quantitative estimate of drug-likeness (QED) is 0.531. The minimum absolute atomic E-state index is 0.736. The molecule has 5 rings (SSSR count). The van der Waals surface area contributed by atoms with Crippen LogP contribution in [0.4, 0.5) is 0 Å². The van der Waals surface area contributed by atoms with Crippen LogP contribution in [0.2, 0.25) is 0 Å². The van der Waals surface area contributed by atoms with Crippen molar-refractivity contribution in [3.8, 4) is 11.4 Å². The summed E-state index contributed by atoms with van der Waals surface area (Å²) < 4.78 is 0. The molecule has 0 amide bonds. The number of nitrogens with one attached hydrogen (secondary N) is 3. The molecular formula is C18H16N6. The molecule has 4 aromatic heterocycles. The Hall–Kier alpha value is -2.99. The smallest absolute Gasteiger partial charge is 0.181 e. The summed E-state index contributed by atoms with van der Waals surface area (Å²) in [5, 5.41) is 12.9. The molecule has 24 heavy (non-hydrogen) atoms. The highest BCUT2D eigenvalue weighted by atomic mass is 15.2. The van der Waals surface area contributed by atoms with Gasteiger partial charge in [0.25, 0.3) is 0 Å². The average molecular weight is 316 g/mol. The molecule has 3 N–H and O–H groups in total. The number of nitrogens with zero attached hydrogens (tertiary/aromatic N) is 3. The first kappa shape index (κ1) is 13.4. The number of fused-ring (bicyclic) bond motifs is 2. The summed E-state index contributed by atoms with van der Waals surface area (Å²) in [5.74, 6) is 0. The summed E-state index contributed by atoms with van der Waals surface area (Å²) in [6, 6.07) is 6.24. The van der Waals surface area contributed by atoms with Crippen molar-refractivity contribution in [1.82, 2.24) is 30.5 Å². The van der Waals surface area contributed by atoms with E-state index in [4.69, 9.17) is 0 Å². The van der Waals surface area contributed by atoms with E-state index in [1.165, 1.54) is 11.1 Å². The Morgan fingerprint density at radius 1 is 1.12 bits per heavy atom. The van der Waals surface area contributed by atoms with E-state index < -0.39 is 0 Å². The summed E-state index contributed by atoms with van der Waals surface area (Å²) in [4.78, 5) is 12.1. The Labute approximate surface area is 138 Å². The minimum atomic E-state index is 0.736. The lowest BCUT2D eigenvalue weighted by Crippen LogP contribution is -2.20. The number of pyridine rings is 2. The molecule has 0 fully saturated rings. The largest absolute Gasteiger partial charge is 0.353 e. The van der Waals surface area contributed by atoms with E-state index in [0.717, 1.165) is 52.8 Å². The maximum Gasteiger partial charge on any atom is 0.181 e. The molecular weight excluding hydrogens is 300 g/mol. The van der Waals surface area contributed by atoms with Crippen molar-refractivity contribution in [3.63, 3.8) is 0 Å². The van der Waals surface area contributed by atoms with E-state index in [1.54, 1.807) is 6.20 Å². The molecule has 0 spiro atoms. The highest BCUT2D eigenvalue weighted by Gasteiger charge is 2.14. The van der Waals surface area contributed by atoms with Crippen LogP contribution in [0.3, 0.4) is 0 Å². The maximum atomic E-state index is 4.53. The number of hydrogen-bond acceptors (Lipinski definition) is 4. The van der Waals surface area contributed by atoms with Gasteiger partial charge in [-0.2, -0.15) is 5.10 Å². The van der Waals surface area contributed by atoms with E-state index >= 15 is 0 Å². The number of hydrogen-bond donors (Lipinski definition) is 3. The lowest BCUT2D eigenvalue weighted by atomic mass is 10.0. The fourth-order valence-corrected chi connectivity index (χ4v) is 3.27. The van der Waals surface area contributed by atoms with Gasteiger partial charge in [0.05, 0.1) is 11.4 Å². The van der Waals surface area contributed by atoms with Crippen molar-refractivity contribution in [2.24, 2.45) is 0 Å².